The standard InChI is InChI=1S/C18H19N3O2/c1-14-5-7-17(8-6-14)23-10-9-20-18(22)21-13-16-4-2-3-15(11-16)12-19/h2-8,11H,9-10,13H2,1H3,(H2,20,21,22). The van der Waals surface area contributed by atoms with Crippen LogP contribution in [0.4, 0.5) is 4.79 Å². The van der Waals surface area contributed by atoms with E-state index in [1.54, 1.807) is 18.2 Å². The zero-order valence-electron chi connectivity index (χ0n) is 13.0. The van der Waals surface area contributed by atoms with Crippen LogP contribution >= 0.6 is 0 Å². The molecular weight excluding hydrogens is 290 g/mol. The number of nitriles is 1. The molecule has 118 valence electrons. The Bertz CT molecular complexity index is 690. The first kappa shape index (κ1) is 16.4. The molecule has 23 heavy (non-hydrogen) atoms. The first-order chi connectivity index (χ1) is 11.2. The Morgan fingerprint density at radius 1 is 1.17 bits per heavy atom. The lowest BCUT2D eigenvalue weighted by Crippen LogP contribution is -2.37. The van der Waals surface area contributed by atoms with Gasteiger partial charge in [0.2, 0.25) is 0 Å². The molecule has 0 radical (unpaired) electrons. The van der Waals surface area contributed by atoms with Gasteiger partial charge in [0.1, 0.15) is 12.4 Å². The number of ether oxygens (including phenoxy) is 1. The Labute approximate surface area is 135 Å². The maximum Gasteiger partial charge on any atom is 0.315 e. The van der Waals surface area contributed by atoms with E-state index in [1.807, 2.05) is 37.3 Å². The van der Waals surface area contributed by atoms with Crippen LogP contribution in [0.25, 0.3) is 0 Å². The van der Waals surface area contributed by atoms with Crippen LogP contribution in [-0.2, 0) is 6.54 Å². The van der Waals surface area contributed by atoms with E-state index in [0.29, 0.717) is 25.3 Å². The molecular formula is C18H19N3O2. The fourth-order valence-corrected chi connectivity index (χ4v) is 1.96. The number of aryl methyl sites for hydroxylation is 1. The molecule has 0 fully saturated rings. The number of nitrogens with zero attached hydrogens (tertiary/aromatic N) is 1. The topological polar surface area (TPSA) is 74.2 Å². The second-order valence-corrected chi connectivity index (χ2v) is 5.08. The molecule has 2 amide bonds. The Morgan fingerprint density at radius 2 is 1.96 bits per heavy atom. The predicted molar refractivity (Wildman–Crippen MR) is 88.1 cm³/mol. The summed E-state index contributed by atoms with van der Waals surface area (Å²) in [6, 6.07) is 16.7. The van der Waals surface area contributed by atoms with Gasteiger partial charge in [-0.05, 0) is 36.8 Å². The van der Waals surface area contributed by atoms with Crippen LogP contribution in [0.1, 0.15) is 16.7 Å². The highest BCUT2D eigenvalue weighted by molar-refractivity contribution is 5.73. The summed E-state index contributed by atoms with van der Waals surface area (Å²) in [5.41, 5.74) is 2.64. The third kappa shape index (κ3) is 5.71. The lowest BCUT2D eigenvalue weighted by Gasteiger charge is -2.09. The van der Waals surface area contributed by atoms with Crippen LogP contribution in [0.2, 0.25) is 0 Å². The fraction of sp³-hybridized carbons (Fsp3) is 0.222. The molecule has 0 heterocycles. The van der Waals surface area contributed by atoms with Crippen LogP contribution in [0, 0.1) is 18.3 Å². The zero-order valence-corrected chi connectivity index (χ0v) is 13.0. The van der Waals surface area contributed by atoms with Crippen LogP contribution in [0.5, 0.6) is 5.75 Å². The van der Waals surface area contributed by atoms with E-state index in [4.69, 9.17) is 10.00 Å². The Hall–Kier alpha value is -3.00. The van der Waals surface area contributed by atoms with Crippen molar-refractivity contribution in [2.24, 2.45) is 0 Å². The fourth-order valence-electron chi connectivity index (χ4n) is 1.96. The second kappa shape index (κ2) is 8.44. The number of amides is 2. The van der Waals surface area contributed by atoms with Crippen molar-refractivity contribution in [3.63, 3.8) is 0 Å². The minimum Gasteiger partial charge on any atom is -0.492 e. The minimum atomic E-state index is -0.264. The quantitative estimate of drug-likeness (QED) is 0.806. The van der Waals surface area contributed by atoms with E-state index in [2.05, 4.69) is 16.7 Å². The van der Waals surface area contributed by atoms with Crippen LogP contribution < -0.4 is 15.4 Å². The van der Waals surface area contributed by atoms with Gasteiger partial charge in [-0.15, -0.1) is 0 Å². The van der Waals surface area contributed by atoms with E-state index in [9.17, 15) is 4.79 Å². The summed E-state index contributed by atoms with van der Waals surface area (Å²) in [5, 5.41) is 14.3. The number of hydrogen-bond donors (Lipinski definition) is 2. The molecule has 0 aromatic heterocycles. The highest BCUT2D eigenvalue weighted by Crippen LogP contribution is 2.10. The van der Waals surface area contributed by atoms with Gasteiger partial charge in [-0.25, -0.2) is 4.79 Å². The predicted octanol–water partition coefficient (Wildman–Crippen LogP) is 2.74. The molecule has 0 aliphatic carbocycles. The summed E-state index contributed by atoms with van der Waals surface area (Å²) in [6.45, 7) is 3.21. The molecule has 5 nitrogen and oxygen atoms in total. The van der Waals surface area contributed by atoms with E-state index < -0.39 is 0 Å². The molecule has 0 saturated carbocycles. The molecule has 2 aromatic rings. The molecule has 0 aliphatic rings. The smallest absolute Gasteiger partial charge is 0.315 e. The Balaban J connectivity index is 1.65. The van der Waals surface area contributed by atoms with Gasteiger partial charge in [0.25, 0.3) is 0 Å². The maximum atomic E-state index is 11.7. The number of nitrogens with one attached hydrogen (secondary N) is 2. The van der Waals surface area contributed by atoms with Gasteiger partial charge in [0, 0.05) is 6.54 Å². The highest BCUT2D eigenvalue weighted by Gasteiger charge is 2.01. The van der Waals surface area contributed by atoms with E-state index in [-0.39, 0.29) is 6.03 Å². The summed E-state index contributed by atoms with van der Waals surface area (Å²) >= 11 is 0. The van der Waals surface area contributed by atoms with Gasteiger partial charge in [-0.2, -0.15) is 5.26 Å². The van der Waals surface area contributed by atoms with Gasteiger partial charge in [-0.1, -0.05) is 29.8 Å². The number of rotatable bonds is 6. The molecule has 5 heteroatoms. The van der Waals surface area contributed by atoms with E-state index in [0.717, 1.165) is 11.3 Å². The van der Waals surface area contributed by atoms with Crippen molar-refractivity contribution >= 4 is 6.03 Å². The maximum absolute atomic E-state index is 11.7. The summed E-state index contributed by atoms with van der Waals surface area (Å²) < 4.78 is 5.53. The van der Waals surface area contributed by atoms with Gasteiger partial charge in [0.15, 0.2) is 0 Å². The number of benzene rings is 2. The molecule has 0 spiro atoms. The van der Waals surface area contributed by atoms with E-state index >= 15 is 0 Å². The molecule has 2 aromatic carbocycles. The molecule has 2 rings (SSSR count). The summed E-state index contributed by atoms with van der Waals surface area (Å²) in [4.78, 5) is 11.7. The first-order valence-electron chi connectivity index (χ1n) is 7.37. The zero-order chi connectivity index (χ0) is 16.5. The largest absolute Gasteiger partial charge is 0.492 e. The molecule has 2 N–H and O–H groups in total. The van der Waals surface area contributed by atoms with Gasteiger partial charge in [-0.3, -0.25) is 0 Å². The van der Waals surface area contributed by atoms with Crippen molar-refractivity contribution < 1.29 is 9.53 Å². The third-order valence-corrected chi connectivity index (χ3v) is 3.19. The molecule has 0 saturated heterocycles. The third-order valence-electron chi connectivity index (χ3n) is 3.19. The van der Waals surface area contributed by atoms with Crippen LogP contribution in [0.15, 0.2) is 48.5 Å². The molecule has 0 bridgehead atoms. The van der Waals surface area contributed by atoms with Crippen LogP contribution in [0.3, 0.4) is 0 Å². The summed E-state index contributed by atoms with van der Waals surface area (Å²) in [5.74, 6) is 0.783. The average molecular weight is 309 g/mol. The van der Waals surface area contributed by atoms with Gasteiger partial charge < -0.3 is 15.4 Å². The monoisotopic (exact) mass is 309 g/mol. The summed E-state index contributed by atoms with van der Waals surface area (Å²) in [6.07, 6.45) is 0. The molecule has 0 aliphatic heterocycles. The lowest BCUT2D eigenvalue weighted by atomic mass is 10.1. The second-order valence-electron chi connectivity index (χ2n) is 5.08. The van der Waals surface area contributed by atoms with Crippen molar-refractivity contribution in [3.8, 4) is 11.8 Å². The molecule has 0 unspecified atom stereocenters. The normalized spacial score (nSPS) is 9.74. The molecule has 0 atom stereocenters. The van der Waals surface area contributed by atoms with Crippen molar-refractivity contribution in [1.82, 2.24) is 10.6 Å². The Kier molecular flexibility index (Phi) is 6.01. The number of carbonyl (C=O) groups excluding carboxylic acids is 1. The first-order valence-corrected chi connectivity index (χ1v) is 7.37. The van der Waals surface area contributed by atoms with Crippen LogP contribution in [-0.4, -0.2) is 19.2 Å². The highest BCUT2D eigenvalue weighted by atomic mass is 16.5. The van der Waals surface area contributed by atoms with Crippen molar-refractivity contribution in [2.75, 3.05) is 13.2 Å². The van der Waals surface area contributed by atoms with Crippen molar-refractivity contribution in [3.05, 3.63) is 65.2 Å². The van der Waals surface area contributed by atoms with Crippen molar-refractivity contribution in [1.29, 1.82) is 5.26 Å². The van der Waals surface area contributed by atoms with Gasteiger partial charge >= 0.3 is 6.03 Å². The SMILES string of the molecule is Cc1ccc(OCCNC(=O)NCc2cccc(C#N)c2)cc1. The van der Waals surface area contributed by atoms with Gasteiger partial charge in [0.05, 0.1) is 18.2 Å². The number of hydrogen-bond acceptors (Lipinski definition) is 3. The summed E-state index contributed by atoms with van der Waals surface area (Å²) in [7, 11) is 0. The number of carbonyl (C=O) groups is 1. The van der Waals surface area contributed by atoms with Crippen molar-refractivity contribution in [2.45, 2.75) is 13.5 Å². The van der Waals surface area contributed by atoms with E-state index in [1.165, 1.54) is 5.56 Å². The number of urea groups is 1. The average Bonchev–Trinajstić information content (AvgIpc) is 2.58. The minimum absolute atomic E-state index is 0.264. The Morgan fingerprint density at radius 3 is 2.70 bits per heavy atom. The lowest BCUT2D eigenvalue weighted by molar-refractivity contribution is 0.236.